The van der Waals surface area contributed by atoms with Crippen LogP contribution in [-0.2, 0) is 28.4 Å². The van der Waals surface area contributed by atoms with Gasteiger partial charge in [-0.2, -0.15) is 4.31 Å². The van der Waals surface area contributed by atoms with Crippen molar-refractivity contribution in [2.75, 3.05) is 13.1 Å². The molecule has 1 aliphatic rings. The number of nitrogens with one attached hydrogen (secondary N) is 1. The summed E-state index contributed by atoms with van der Waals surface area (Å²) in [5.74, 6) is 0.364. The zero-order chi connectivity index (χ0) is 18.0. The van der Waals surface area contributed by atoms with Crippen LogP contribution in [0.25, 0.3) is 0 Å². The summed E-state index contributed by atoms with van der Waals surface area (Å²) in [6, 6.07) is 3.54. The Balaban J connectivity index is 1.58. The highest BCUT2D eigenvalue weighted by molar-refractivity contribution is 7.89. The Bertz CT molecular complexity index is 839. The van der Waals surface area contributed by atoms with Gasteiger partial charge in [0, 0.05) is 26.1 Å². The topological polar surface area (TPSA) is 97.4 Å². The number of carbonyl (C=O) groups excluding carboxylic acids is 1. The van der Waals surface area contributed by atoms with Crippen LogP contribution in [0.5, 0.6) is 0 Å². The van der Waals surface area contributed by atoms with Crippen molar-refractivity contribution >= 4 is 27.5 Å². The fraction of sp³-hybridized carbons (Fsp3) is 0.467. The molecule has 0 saturated carbocycles. The molecule has 3 rings (SSSR count). The van der Waals surface area contributed by atoms with Gasteiger partial charge in [0.2, 0.25) is 10.9 Å². The van der Waals surface area contributed by atoms with E-state index in [4.69, 9.17) is 16.0 Å². The number of amides is 1. The van der Waals surface area contributed by atoms with Gasteiger partial charge in [-0.25, -0.2) is 13.4 Å². The van der Waals surface area contributed by atoms with Crippen molar-refractivity contribution in [1.82, 2.24) is 19.2 Å². The van der Waals surface area contributed by atoms with Crippen molar-refractivity contribution in [3.8, 4) is 0 Å². The van der Waals surface area contributed by atoms with Crippen molar-refractivity contribution < 1.29 is 17.6 Å². The monoisotopic (exact) mass is 386 g/mol. The molecule has 136 valence electrons. The molecule has 0 unspecified atom stereocenters. The van der Waals surface area contributed by atoms with Crippen LogP contribution in [0.2, 0.25) is 5.15 Å². The van der Waals surface area contributed by atoms with Crippen molar-refractivity contribution in [3.63, 3.8) is 0 Å². The Labute approximate surface area is 150 Å². The van der Waals surface area contributed by atoms with Gasteiger partial charge in [-0.1, -0.05) is 11.6 Å². The van der Waals surface area contributed by atoms with Gasteiger partial charge >= 0.3 is 0 Å². The van der Waals surface area contributed by atoms with Gasteiger partial charge in [0.05, 0.1) is 19.1 Å². The second kappa shape index (κ2) is 7.19. The first-order valence-corrected chi connectivity index (χ1v) is 9.68. The van der Waals surface area contributed by atoms with E-state index in [1.165, 1.54) is 15.2 Å². The highest BCUT2D eigenvalue weighted by Crippen LogP contribution is 2.27. The van der Waals surface area contributed by atoms with Crippen LogP contribution in [0.4, 0.5) is 0 Å². The molecule has 0 radical (unpaired) electrons. The molecule has 1 aliphatic heterocycles. The van der Waals surface area contributed by atoms with Gasteiger partial charge in [-0.15, -0.1) is 0 Å². The van der Waals surface area contributed by atoms with E-state index in [1.807, 2.05) is 0 Å². The molecule has 0 spiro atoms. The molecule has 25 heavy (non-hydrogen) atoms. The van der Waals surface area contributed by atoms with E-state index in [9.17, 15) is 13.2 Å². The van der Waals surface area contributed by atoms with Gasteiger partial charge in [-0.3, -0.25) is 4.79 Å². The summed E-state index contributed by atoms with van der Waals surface area (Å²) in [7, 11) is -2.12. The minimum atomic E-state index is -3.75. The summed E-state index contributed by atoms with van der Waals surface area (Å²) in [4.78, 5) is 16.1. The Morgan fingerprint density at radius 2 is 2.16 bits per heavy atom. The minimum absolute atomic E-state index is 0.0818. The standard InChI is InChI=1S/C15H19ClN4O4S/c1-19-10-18-15(13(19)16)25(22,23)20-6-4-11(5-7-20)14(21)17-9-12-3-2-8-24-12/h2-3,8,10-11H,4-7,9H2,1H3,(H,17,21). The number of hydrogen-bond donors (Lipinski definition) is 1. The lowest BCUT2D eigenvalue weighted by Gasteiger charge is -2.30. The van der Waals surface area contributed by atoms with Gasteiger partial charge in [0.25, 0.3) is 10.0 Å². The maximum Gasteiger partial charge on any atom is 0.263 e. The average molecular weight is 387 g/mol. The third kappa shape index (κ3) is 3.73. The second-order valence-electron chi connectivity index (χ2n) is 5.93. The molecular weight excluding hydrogens is 368 g/mol. The Morgan fingerprint density at radius 3 is 2.72 bits per heavy atom. The molecule has 1 saturated heterocycles. The van der Waals surface area contributed by atoms with Crippen molar-refractivity contribution in [2.45, 2.75) is 24.4 Å². The summed E-state index contributed by atoms with van der Waals surface area (Å²) < 4.78 is 33.2. The quantitative estimate of drug-likeness (QED) is 0.837. The maximum atomic E-state index is 12.6. The van der Waals surface area contributed by atoms with E-state index < -0.39 is 10.0 Å². The zero-order valence-corrected chi connectivity index (χ0v) is 15.3. The number of halogens is 1. The number of furan rings is 1. The smallest absolute Gasteiger partial charge is 0.263 e. The van der Waals surface area contributed by atoms with Gasteiger partial charge < -0.3 is 14.3 Å². The molecule has 2 aromatic rings. The third-order valence-electron chi connectivity index (χ3n) is 4.26. The van der Waals surface area contributed by atoms with Gasteiger partial charge in [0.1, 0.15) is 10.9 Å². The molecule has 2 aromatic heterocycles. The largest absolute Gasteiger partial charge is 0.467 e. The van der Waals surface area contributed by atoms with Crippen molar-refractivity contribution in [1.29, 1.82) is 0 Å². The molecule has 8 nitrogen and oxygen atoms in total. The maximum absolute atomic E-state index is 12.6. The van der Waals surface area contributed by atoms with E-state index >= 15 is 0 Å². The minimum Gasteiger partial charge on any atom is -0.467 e. The average Bonchev–Trinajstić information content (AvgIpc) is 3.24. The molecule has 3 heterocycles. The fourth-order valence-corrected chi connectivity index (χ4v) is 4.64. The van der Waals surface area contributed by atoms with Gasteiger partial charge in [-0.05, 0) is 25.0 Å². The zero-order valence-electron chi connectivity index (χ0n) is 13.7. The number of carbonyl (C=O) groups is 1. The second-order valence-corrected chi connectivity index (χ2v) is 8.14. The highest BCUT2D eigenvalue weighted by Gasteiger charge is 2.34. The van der Waals surface area contributed by atoms with E-state index in [0.29, 0.717) is 25.1 Å². The molecule has 1 amide bonds. The summed E-state index contributed by atoms with van der Waals surface area (Å²) in [5.41, 5.74) is 0. The molecular formula is C15H19ClN4O4S. The SMILES string of the molecule is Cn1cnc(S(=O)(=O)N2CCC(C(=O)NCc3ccco3)CC2)c1Cl. The highest BCUT2D eigenvalue weighted by atomic mass is 35.5. The number of hydrogen-bond acceptors (Lipinski definition) is 5. The molecule has 0 aromatic carbocycles. The molecule has 0 atom stereocenters. The first-order valence-electron chi connectivity index (χ1n) is 7.86. The number of piperidine rings is 1. The summed E-state index contributed by atoms with van der Waals surface area (Å²) in [6.45, 7) is 0.843. The lowest BCUT2D eigenvalue weighted by atomic mass is 9.97. The summed E-state index contributed by atoms with van der Waals surface area (Å²) in [6.07, 6.45) is 3.82. The molecule has 1 fully saturated rings. The van der Waals surface area contributed by atoms with Gasteiger partial charge in [0.15, 0.2) is 0 Å². The van der Waals surface area contributed by atoms with E-state index in [-0.39, 0.29) is 35.1 Å². The summed E-state index contributed by atoms with van der Waals surface area (Å²) >= 11 is 6.00. The number of nitrogens with zero attached hydrogens (tertiary/aromatic N) is 3. The lowest BCUT2D eigenvalue weighted by molar-refractivity contribution is -0.126. The van der Waals surface area contributed by atoms with Crippen LogP contribution in [0, 0.1) is 5.92 Å². The van der Waals surface area contributed by atoms with Crippen LogP contribution in [0.3, 0.4) is 0 Å². The first kappa shape index (κ1) is 18.0. The molecule has 0 bridgehead atoms. The third-order valence-corrected chi connectivity index (χ3v) is 6.65. The number of rotatable bonds is 5. The predicted molar refractivity (Wildman–Crippen MR) is 90.3 cm³/mol. The summed E-state index contributed by atoms with van der Waals surface area (Å²) in [5, 5.41) is 2.76. The Hall–Kier alpha value is -1.84. The Kier molecular flexibility index (Phi) is 5.16. The molecule has 10 heteroatoms. The fourth-order valence-electron chi connectivity index (χ4n) is 2.78. The first-order chi connectivity index (χ1) is 11.9. The number of aryl methyl sites for hydroxylation is 1. The lowest BCUT2D eigenvalue weighted by Crippen LogP contribution is -2.43. The number of aromatic nitrogens is 2. The van der Waals surface area contributed by atoms with Crippen molar-refractivity contribution in [2.24, 2.45) is 13.0 Å². The Morgan fingerprint density at radius 1 is 1.44 bits per heavy atom. The number of imidazole rings is 1. The van der Waals surface area contributed by atoms with Crippen molar-refractivity contribution in [3.05, 3.63) is 35.6 Å². The van der Waals surface area contributed by atoms with E-state index in [1.54, 1.807) is 25.4 Å². The van der Waals surface area contributed by atoms with Crippen LogP contribution in [0.1, 0.15) is 18.6 Å². The van der Waals surface area contributed by atoms with Crippen LogP contribution < -0.4 is 5.32 Å². The molecule has 0 aliphatic carbocycles. The number of sulfonamides is 1. The normalized spacial score (nSPS) is 16.9. The van der Waals surface area contributed by atoms with Crippen LogP contribution >= 0.6 is 11.6 Å². The van der Waals surface area contributed by atoms with E-state index in [2.05, 4.69) is 10.3 Å². The predicted octanol–water partition coefficient (Wildman–Crippen LogP) is 1.38. The van der Waals surface area contributed by atoms with E-state index in [0.717, 1.165) is 0 Å². The van der Waals surface area contributed by atoms with Crippen LogP contribution in [0.15, 0.2) is 34.2 Å². The molecule has 1 N–H and O–H groups in total. The van der Waals surface area contributed by atoms with Crippen LogP contribution in [-0.4, -0.2) is 41.3 Å².